The fraction of sp³-hybridized carbons (Fsp3) is 0.0385. The van der Waals surface area contributed by atoms with E-state index in [2.05, 4.69) is 10.5 Å². The van der Waals surface area contributed by atoms with E-state index in [0.29, 0.717) is 16.9 Å². The first kappa shape index (κ1) is 20.9. The van der Waals surface area contributed by atoms with Crippen molar-refractivity contribution in [3.8, 4) is 5.75 Å². The molecule has 4 aromatic rings. The molecule has 0 fully saturated rings. The van der Waals surface area contributed by atoms with Crippen LogP contribution in [-0.2, 0) is 0 Å². The Balaban J connectivity index is 1.62. The fourth-order valence-corrected chi connectivity index (χ4v) is 3.25. The number of amides is 1. The van der Waals surface area contributed by atoms with Gasteiger partial charge >= 0.3 is 5.97 Å². The molecule has 1 N–H and O–H groups in total. The van der Waals surface area contributed by atoms with Gasteiger partial charge in [0.25, 0.3) is 5.91 Å². The Bertz CT molecular complexity index is 1330. The second-order valence-electron chi connectivity index (χ2n) is 7.16. The summed E-state index contributed by atoms with van der Waals surface area (Å²) in [7, 11) is 0. The lowest BCUT2D eigenvalue weighted by Crippen LogP contribution is -2.17. The van der Waals surface area contributed by atoms with Gasteiger partial charge in [0.05, 0.1) is 11.8 Å². The topological polar surface area (TPSA) is 67.8 Å². The van der Waals surface area contributed by atoms with E-state index in [9.17, 15) is 14.0 Å². The molecule has 32 heavy (non-hydrogen) atoms. The normalized spacial score (nSPS) is 10.9. The Morgan fingerprint density at radius 2 is 1.69 bits per heavy atom. The molecule has 6 heteroatoms. The van der Waals surface area contributed by atoms with Gasteiger partial charge in [-0.3, -0.25) is 4.79 Å². The Labute approximate surface area is 184 Å². The third-order valence-electron chi connectivity index (χ3n) is 4.85. The Morgan fingerprint density at radius 3 is 2.47 bits per heavy atom. The molecule has 0 saturated heterocycles. The van der Waals surface area contributed by atoms with Crippen LogP contribution in [0.2, 0.25) is 0 Å². The van der Waals surface area contributed by atoms with E-state index < -0.39 is 17.7 Å². The lowest BCUT2D eigenvalue weighted by atomic mass is 10.0. The minimum absolute atomic E-state index is 0.271. The van der Waals surface area contributed by atoms with Crippen LogP contribution >= 0.6 is 0 Å². The molecule has 158 valence electrons. The number of nitrogens with one attached hydrogen (secondary N) is 1. The van der Waals surface area contributed by atoms with Crippen LogP contribution in [0.25, 0.3) is 10.8 Å². The van der Waals surface area contributed by atoms with Gasteiger partial charge in [0, 0.05) is 11.1 Å². The maximum atomic E-state index is 13.1. The molecule has 0 atom stereocenters. The van der Waals surface area contributed by atoms with E-state index in [1.54, 1.807) is 24.3 Å². The summed E-state index contributed by atoms with van der Waals surface area (Å²) in [5.74, 6) is -1.09. The lowest BCUT2D eigenvalue weighted by Gasteiger charge is -2.11. The van der Waals surface area contributed by atoms with Crippen LogP contribution in [0.3, 0.4) is 0 Å². The molecule has 0 spiro atoms. The quantitative estimate of drug-likeness (QED) is 0.205. The summed E-state index contributed by atoms with van der Waals surface area (Å²) in [4.78, 5) is 24.9. The SMILES string of the molecule is Cc1cccc(C(=O)Oc2ccc3ccccc3c2C=NNC(=O)c2ccc(F)cc2)c1. The standard InChI is InChI=1S/C26H19FN2O3/c1-17-5-4-7-20(15-17)26(31)32-24-14-11-18-6-2-3-8-22(18)23(24)16-28-29-25(30)19-9-12-21(27)13-10-19/h2-16H,1H3,(H,29,30). The molecule has 4 aromatic carbocycles. The fourth-order valence-electron chi connectivity index (χ4n) is 3.25. The molecule has 4 rings (SSSR count). The summed E-state index contributed by atoms with van der Waals surface area (Å²) in [5, 5.41) is 5.77. The van der Waals surface area contributed by atoms with Gasteiger partial charge in [-0.1, -0.05) is 48.0 Å². The largest absolute Gasteiger partial charge is 0.422 e. The molecule has 0 unspecified atom stereocenters. The van der Waals surface area contributed by atoms with Gasteiger partial charge in [0.2, 0.25) is 0 Å². The van der Waals surface area contributed by atoms with Crippen molar-refractivity contribution in [3.05, 3.63) is 113 Å². The van der Waals surface area contributed by atoms with Crippen molar-refractivity contribution < 1.29 is 18.7 Å². The molecule has 0 aliphatic rings. The Hall–Kier alpha value is -4.32. The molecular formula is C26H19FN2O3. The molecular weight excluding hydrogens is 407 g/mol. The van der Waals surface area contributed by atoms with E-state index in [1.807, 2.05) is 43.3 Å². The number of hydrazone groups is 1. The maximum Gasteiger partial charge on any atom is 0.343 e. The molecule has 0 saturated carbocycles. The molecule has 0 aromatic heterocycles. The summed E-state index contributed by atoms with van der Waals surface area (Å²) in [5.41, 5.74) is 4.62. The van der Waals surface area contributed by atoms with Crippen LogP contribution in [-0.4, -0.2) is 18.1 Å². The van der Waals surface area contributed by atoms with E-state index in [-0.39, 0.29) is 5.56 Å². The molecule has 0 heterocycles. The van der Waals surface area contributed by atoms with Crippen molar-refractivity contribution in [1.29, 1.82) is 0 Å². The highest BCUT2D eigenvalue weighted by atomic mass is 19.1. The van der Waals surface area contributed by atoms with Gasteiger partial charge in [-0.2, -0.15) is 5.10 Å². The third kappa shape index (κ3) is 4.70. The monoisotopic (exact) mass is 426 g/mol. The van der Waals surface area contributed by atoms with Crippen LogP contribution < -0.4 is 10.2 Å². The predicted molar refractivity (Wildman–Crippen MR) is 122 cm³/mol. The van der Waals surface area contributed by atoms with Gasteiger partial charge in [-0.15, -0.1) is 0 Å². The summed E-state index contributed by atoms with van der Waals surface area (Å²) in [6.07, 6.45) is 1.43. The number of halogens is 1. The van der Waals surface area contributed by atoms with Gasteiger partial charge in [0.15, 0.2) is 0 Å². The number of aryl methyl sites for hydroxylation is 1. The summed E-state index contributed by atoms with van der Waals surface area (Å²) < 4.78 is 18.7. The van der Waals surface area contributed by atoms with Crippen LogP contribution in [0, 0.1) is 12.7 Å². The zero-order valence-electron chi connectivity index (χ0n) is 17.2. The molecule has 0 aliphatic carbocycles. The third-order valence-corrected chi connectivity index (χ3v) is 4.85. The molecule has 0 bridgehead atoms. The number of carbonyl (C=O) groups excluding carboxylic acids is 2. The van der Waals surface area contributed by atoms with E-state index >= 15 is 0 Å². The first-order chi connectivity index (χ1) is 15.5. The van der Waals surface area contributed by atoms with E-state index in [4.69, 9.17) is 4.74 Å². The number of ether oxygens (including phenoxy) is 1. The first-order valence-corrected chi connectivity index (χ1v) is 9.91. The van der Waals surface area contributed by atoms with Crippen molar-refractivity contribution >= 4 is 28.9 Å². The summed E-state index contributed by atoms with van der Waals surface area (Å²) >= 11 is 0. The summed E-state index contributed by atoms with van der Waals surface area (Å²) in [6.45, 7) is 1.90. The highest BCUT2D eigenvalue weighted by Crippen LogP contribution is 2.27. The van der Waals surface area contributed by atoms with E-state index in [0.717, 1.165) is 16.3 Å². The van der Waals surface area contributed by atoms with Crippen LogP contribution in [0.1, 0.15) is 31.8 Å². The van der Waals surface area contributed by atoms with Gasteiger partial charge in [-0.05, 0) is 60.2 Å². The molecule has 0 radical (unpaired) electrons. The van der Waals surface area contributed by atoms with Gasteiger partial charge in [0.1, 0.15) is 11.6 Å². The highest BCUT2D eigenvalue weighted by Gasteiger charge is 2.14. The predicted octanol–water partition coefficient (Wildman–Crippen LogP) is 5.27. The number of nitrogens with zero attached hydrogens (tertiary/aromatic N) is 1. The number of carbonyl (C=O) groups is 2. The van der Waals surface area contributed by atoms with Gasteiger partial charge < -0.3 is 4.74 Å². The smallest absolute Gasteiger partial charge is 0.343 e. The zero-order chi connectivity index (χ0) is 22.5. The number of hydrogen-bond acceptors (Lipinski definition) is 4. The van der Waals surface area contributed by atoms with E-state index in [1.165, 1.54) is 30.5 Å². The average molecular weight is 426 g/mol. The maximum absolute atomic E-state index is 13.1. The minimum Gasteiger partial charge on any atom is -0.422 e. The minimum atomic E-state index is -0.492. The second kappa shape index (κ2) is 9.22. The lowest BCUT2D eigenvalue weighted by molar-refractivity contribution is 0.0734. The van der Waals surface area contributed by atoms with Crippen LogP contribution in [0.5, 0.6) is 5.75 Å². The molecule has 0 aliphatic heterocycles. The molecule has 5 nitrogen and oxygen atoms in total. The number of rotatable bonds is 5. The second-order valence-corrected chi connectivity index (χ2v) is 7.16. The van der Waals surface area contributed by atoms with Crippen molar-refractivity contribution in [1.82, 2.24) is 5.43 Å². The average Bonchev–Trinajstić information content (AvgIpc) is 2.80. The van der Waals surface area contributed by atoms with Crippen LogP contribution in [0.15, 0.2) is 90.0 Å². The number of hydrogen-bond donors (Lipinski definition) is 1. The van der Waals surface area contributed by atoms with Crippen molar-refractivity contribution in [2.45, 2.75) is 6.92 Å². The number of benzene rings is 4. The number of esters is 1. The Morgan fingerprint density at radius 1 is 0.906 bits per heavy atom. The Kier molecular flexibility index (Phi) is 6.03. The van der Waals surface area contributed by atoms with Crippen LogP contribution in [0.4, 0.5) is 4.39 Å². The van der Waals surface area contributed by atoms with Crippen molar-refractivity contribution in [3.63, 3.8) is 0 Å². The van der Waals surface area contributed by atoms with Gasteiger partial charge in [-0.25, -0.2) is 14.6 Å². The molecule has 1 amide bonds. The zero-order valence-corrected chi connectivity index (χ0v) is 17.2. The number of fused-ring (bicyclic) bond motifs is 1. The van der Waals surface area contributed by atoms with Crippen molar-refractivity contribution in [2.24, 2.45) is 5.10 Å². The van der Waals surface area contributed by atoms with Crippen molar-refractivity contribution in [2.75, 3.05) is 0 Å². The first-order valence-electron chi connectivity index (χ1n) is 9.91. The highest BCUT2D eigenvalue weighted by molar-refractivity contribution is 6.04. The summed E-state index contributed by atoms with van der Waals surface area (Å²) in [6, 6.07) is 23.4.